The van der Waals surface area contributed by atoms with Gasteiger partial charge in [-0.05, 0) is 47.0 Å². The molecule has 1 unspecified atom stereocenters. The molecule has 29 heavy (non-hydrogen) atoms. The van der Waals surface area contributed by atoms with Crippen molar-refractivity contribution in [3.05, 3.63) is 77.6 Å². The molecule has 2 aromatic rings. The molecule has 1 aliphatic carbocycles. The number of sulfonamides is 1. The van der Waals surface area contributed by atoms with Gasteiger partial charge < -0.3 is 4.74 Å². The first kappa shape index (κ1) is 21.2. The number of alkyl halides is 3. The normalized spacial score (nSPS) is 17.2. The summed E-state index contributed by atoms with van der Waals surface area (Å²) in [5.74, 6) is -1.68. The number of ether oxygens (including phenoxy) is 1. The van der Waals surface area contributed by atoms with Crippen LogP contribution in [-0.2, 0) is 10.0 Å². The number of rotatable bonds is 4. The lowest BCUT2D eigenvalue weighted by atomic mass is 9.88. The summed E-state index contributed by atoms with van der Waals surface area (Å²) in [7, 11) is -4.17. The second-order valence-corrected chi connectivity index (χ2v) is 8.15. The highest BCUT2D eigenvalue weighted by Crippen LogP contribution is 2.32. The van der Waals surface area contributed by atoms with Crippen LogP contribution in [0.5, 0.6) is 5.75 Å². The number of allylic oxidation sites excluding steroid dienone is 4. The largest absolute Gasteiger partial charge is 0.573 e. The van der Waals surface area contributed by atoms with Crippen LogP contribution in [0.1, 0.15) is 17.0 Å². The molecule has 0 bridgehead atoms. The van der Waals surface area contributed by atoms with Crippen LogP contribution in [-0.4, -0.2) is 19.6 Å². The molecule has 0 aliphatic heterocycles. The van der Waals surface area contributed by atoms with E-state index >= 15 is 0 Å². The third-order valence-electron chi connectivity index (χ3n) is 4.12. The van der Waals surface area contributed by atoms with Crippen molar-refractivity contribution in [1.29, 1.82) is 0 Å². The van der Waals surface area contributed by atoms with E-state index in [-0.39, 0.29) is 11.7 Å². The molecule has 0 heterocycles. The molecule has 0 amide bonds. The van der Waals surface area contributed by atoms with E-state index in [0.717, 1.165) is 12.1 Å². The molecule has 0 aromatic heterocycles. The Morgan fingerprint density at radius 2 is 1.72 bits per heavy atom. The van der Waals surface area contributed by atoms with Crippen LogP contribution >= 0.6 is 12.2 Å². The van der Waals surface area contributed by atoms with Crippen molar-refractivity contribution in [2.45, 2.75) is 17.2 Å². The summed E-state index contributed by atoms with van der Waals surface area (Å²) in [4.78, 5) is -0.147. The van der Waals surface area contributed by atoms with Gasteiger partial charge in [-0.1, -0.05) is 42.6 Å². The molecule has 0 spiro atoms. The SMILES string of the molecule is NS(=O)(=O)c1ccc(C2=CC(=S)C(c3ccc(OC(F)(F)F)cc3)C=C2)cc1F. The lowest BCUT2D eigenvalue weighted by Gasteiger charge is -2.19. The molecule has 1 atom stereocenters. The third-order valence-corrected chi connectivity index (χ3v) is 5.43. The lowest BCUT2D eigenvalue weighted by molar-refractivity contribution is -0.274. The summed E-state index contributed by atoms with van der Waals surface area (Å²) in [5, 5.41) is 4.95. The van der Waals surface area contributed by atoms with Crippen LogP contribution in [0.4, 0.5) is 17.6 Å². The van der Waals surface area contributed by atoms with Gasteiger partial charge in [0.05, 0.1) is 0 Å². The summed E-state index contributed by atoms with van der Waals surface area (Å²) in [6.45, 7) is 0. The molecular weight excluding hydrogens is 430 g/mol. The maximum absolute atomic E-state index is 14.1. The standard InChI is InChI=1S/C19H13F4NO3S2/c20-16-9-12(4-8-18(16)29(24,25)26)13-3-7-15(17(28)10-13)11-1-5-14(6-2-11)27-19(21,22)23/h1-10,15H,(H2,24,25,26). The Kier molecular flexibility index (Phi) is 5.61. The van der Waals surface area contributed by atoms with Crippen LogP contribution in [0.25, 0.3) is 5.57 Å². The number of thiocarbonyl (C=S) groups is 1. The van der Waals surface area contributed by atoms with Gasteiger partial charge in [0.2, 0.25) is 10.0 Å². The number of nitrogens with two attached hydrogens (primary N) is 1. The van der Waals surface area contributed by atoms with Gasteiger partial charge in [-0.3, -0.25) is 0 Å². The van der Waals surface area contributed by atoms with Crippen LogP contribution in [0, 0.1) is 5.82 Å². The molecule has 1 aliphatic rings. The van der Waals surface area contributed by atoms with Crippen LogP contribution < -0.4 is 9.88 Å². The molecule has 2 N–H and O–H groups in total. The van der Waals surface area contributed by atoms with Crippen LogP contribution in [0.3, 0.4) is 0 Å². The fourth-order valence-corrected chi connectivity index (χ4v) is 3.76. The predicted octanol–water partition coefficient (Wildman–Crippen LogP) is 4.48. The zero-order valence-electron chi connectivity index (χ0n) is 14.5. The van der Waals surface area contributed by atoms with E-state index in [1.165, 1.54) is 30.3 Å². The van der Waals surface area contributed by atoms with Crippen molar-refractivity contribution in [2.24, 2.45) is 5.14 Å². The van der Waals surface area contributed by atoms with Gasteiger partial charge in [-0.2, -0.15) is 0 Å². The van der Waals surface area contributed by atoms with Crippen LogP contribution in [0.2, 0.25) is 0 Å². The number of benzene rings is 2. The highest BCUT2D eigenvalue weighted by atomic mass is 32.2. The summed E-state index contributed by atoms with van der Waals surface area (Å²) < 4.78 is 77.3. The fourth-order valence-electron chi connectivity index (χ4n) is 2.83. The van der Waals surface area contributed by atoms with Crippen LogP contribution in [0.15, 0.2) is 65.6 Å². The highest BCUT2D eigenvalue weighted by molar-refractivity contribution is 7.89. The minimum absolute atomic E-state index is 0.339. The van der Waals surface area contributed by atoms with Crippen molar-refractivity contribution >= 4 is 32.7 Å². The quantitative estimate of drug-likeness (QED) is 0.559. The van der Waals surface area contributed by atoms with Crippen molar-refractivity contribution in [3.63, 3.8) is 0 Å². The molecule has 3 rings (SSSR count). The molecule has 0 saturated heterocycles. The van der Waals surface area contributed by atoms with Gasteiger partial charge in [0, 0.05) is 10.8 Å². The first-order chi connectivity index (χ1) is 13.4. The number of hydrogen-bond donors (Lipinski definition) is 1. The zero-order chi connectivity index (χ0) is 21.4. The topological polar surface area (TPSA) is 69.4 Å². The molecule has 0 saturated carbocycles. The van der Waals surface area contributed by atoms with E-state index in [4.69, 9.17) is 17.4 Å². The Labute approximate surface area is 169 Å². The minimum atomic E-state index is -4.77. The Morgan fingerprint density at radius 1 is 1.07 bits per heavy atom. The molecule has 152 valence electrons. The van der Waals surface area contributed by atoms with E-state index < -0.39 is 27.1 Å². The number of halogens is 4. The fraction of sp³-hybridized carbons (Fsp3) is 0.105. The smallest absolute Gasteiger partial charge is 0.406 e. The van der Waals surface area contributed by atoms with Crippen molar-refractivity contribution in [1.82, 2.24) is 0 Å². The first-order valence-corrected chi connectivity index (χ1v) is 10.0. The van der Waals surface area contributed by atoms with Crippen molar-refractivity contribution in [3.8, 4) is 5.75 Å². The highest BCUT2D eigenvalue weighted by Gasteiger charge is 2.31. The maximum Gasteiger partial charge on any atom is 0.573 e. The average molecular weight is 443 g/mol. The molecule has 0 radical (unpaired) electrons. The van der Waals surface area contributed by atoms with Crippen molar-refractivity contribution in [2.75, 3.05) is 0 Å². The minimum Gasteiger partial charge on any atom is -0.406 e. The summed E-state index contributed by atoms with van der Waals surface area (Å²) in [5.41, 5.74) is 1.62. The monoisotopic (exact) mass is 443 g/mol. The number of hydrogen-bond acceptors (Lipinski definition) is 4. The summed E-state index contributed by atoms with van der Waals surface area (Å²) >= 11 is 5.38. The molecule has 0 fully saturated rings. The Hall–Kier alpha value is -2.56. The van der Waals surface area contributed by atoms with Gasteiger partial charge in [0.25, 0.3) is 0 Å². The van der Waals surface area contributed by atoms with Gasteiger partial charge in [0.1, 0.15) is 16.5 Å². The molecule has 10 heteroatoms. The summed E-state index contributed by atoms with van der Waals surface area (Å²) in [6, 6.07) is 8.86. The first-order valence-electron chi connectivity index (χ1n) is 8.06. The van der Waals surface area contributed by atoms with E-state index in [1.54, 1.807) is 18.2 Å². The third kappa shape index (κ3) is 5.08. The molecule has 2 aromatic carbocycles. The Balaban J connectivity index is 1.81. The van der Waals surface area contributed by atoms with Gasteiger partial charge >= 0.3 is 6.36 Å². The van der Waals surface area contributed by atoms with E-state index in [0.29, 0.717) is 21.6 Å². The van der Waals surface area contributed by atoms with E-state index in [1.807, 2.05) is 0 Å². The van der Waals surface area contributed by atoms with Crippen molar-refractivity contribution < 1.29 is 30.7 Å². The predicted molar refractivity (Wildman–Crippen MR) is 103 cm³/mol. The second-order valence-electron chi connectivity index (χ2n) is 6.15. The number of primary sulfonamides is 1. The van der Waals surface area contributed by atoms with Gasteiger partial charge in [-0.15, -0.1) is 13.2 Å². The molecular formula is C19H13F4NO3S2. The Bertz CT molecular complexity index is 1120. The average Bonchev–Trinajstić information content (AvgIpc) is 2.60. The van der Waals surface area contributed by atoms with E-state index in [9.17, 15) is 26.0 Å². The van der Waals surface area contributed by atoms with Gasteiger partial charge in [0.15, 0.2) is 0 Å². The Morgan fingerprint density at radius 3 is 2.24 bits per heavy atom. The zero-order valence-corrected chi connectivity index (χ0v) is 16.1. The van der Waals surface area contributed by atoms with Gasteiger partial charge in [-0.25, -0.2) is 17.9 Å². The lowest BCUT2D eigenvalue weighted by Crippen LogP contribution is -2.17. The second kappa shape index (κ2) is 7.69. The van der Waals surface area contributed by atoms with E-state index in [2.05, 4.69) is 4.74 Å². The maximum atomic E-state index is 14.1. The molecule has 4 nitrogen and oxygen atoms in total. The summed E-state index contributed by atoms with van der Waals surface area (Å²) in [6.07, 6.45) is 0.244.